The summed E-state index contributed by atoms with van der Waals surface area (Å²) in [6, 6.07) is 5.19. The Morgan fingerprint density at radius 2 is 1.56 bits per heavy atom. The molecule has 294 valence electrons. The molecule has 1 unspecified atom stereocenters. The zero-order chi connectivity index (χ0) is 39.3. The van der Waals surface area contributed by atoms with Crippen molar-refractivity contribution in [3.8, 4) is 0 Å². The van der Waals surface area contributed by atoms with E-state index in [-0.39, 0.29) is 36.5 Å². The molecule has 0 aliphatic carbocycles. The maximum Gasteiger partial charge on any atom is 0.326 e. The van der Waals surface area contributed by atoms with Crippen molar-refractivity contribution >= 4 is 29.6 Å². The zero-order valence-corrected chi connectivity index (χ0v) is 32.7. The van der Waals surface area contributed by atoms with Gasteiger partial charge in [-0.3, -0.25) is 24.1 Å². The number of benzene rings is 1. The van der Waals surface area contributed by atoms with Crippen molar-refractivity contribution in [2.24, 2.45) is 17.8 Å². The Morgan fingerprint density at radius 3 is 2.06 bits per heavy atom. The summed E-state index contributed by atoms with van der Waals surface area (Å²) in [7, 11) is 8.12. The van der Waals surface area contributed by atoms with E-state index in [4.69, 9.17) is 9.47 Å². The van der Waals surface area contributed by atoms with Crippen LogP contribution >= 0.6 is 0 Å². The van der Waals surface area contributed by atoms with Gasteiger partial charge in [-0.05, 0) is 44.3 Å². The molecule has 1 heterocycles. The van der Waals surface area contributed by atoms with Gasteiger partial charge in [-0.1, -0.05) is 71.4 Å². The topological polar surface area (TPSA) is 178 Å². The number of methoxy groups -OCH3 is 2. The number of hydrogen-bond donors (Lipinski definition) is 4. The van der Waals surface area contributed by atoms with Crippen molar-refractivity contribution in [3.05, 3.63) is 35.9 Å². The van der Waals surface area contributed by atoms with Crippen LogP contribution in [0.4, 0.5) is 0 Å². The van der Waals surface area contributed by atoms with Gasteiger partial charge in [0, 0.05) is 34.2 Å². The first kappa shape index (κ1) is 44.6. The number of likely N-dealkylation sites (N-methyl/N-ethyl adjacent to an activating group) is 2. The number of aliphatic hydroxyl groups is 1. The van der Waals surface area contributed by atoms with E-state index in [1.54, 1.807) is 62.1 Å². The quantitative estimate of drug-likeness (QED) is 0.146. The Morgan fingerprint density at radius 1 is 0.942 bits per heavy atom. The largest absolute Gasteiger partial charge is 0.480 e. The number of nitrogens with zero attached hydrogens (tertiary/aromatic N) is 3. The average molecular weight is 734 g/mol. The Hall–Kier alpha value is -3.59. The van der Waals surface area contributed by atoms with Gasteiger partial charge < -0.3 is 40.1 Å². The van der Waals surface area contributed by atoms with Crippen LogP contribution in [0, 0.1) is 17.8 Å². The number of carbonyl (C=O) groups is 5. The number of carboxylic acids is 1. The third kappa shape index (κ3) is 11.7. The van der Waals surface area contributed by atoms with E-state index in [1.807, 2.05) is 33.8 Å². The molecule has 1 aliphatic heterocycles. The molecule has 4 N–H and O–H groups in total. The van der Waals surface area contributed by atoms with Crippen molar-refractivity contribution in [1.29, 1.82) is 0 Å². The molecular weight excluding hydrogens is 670 g/mol. The molecule has 1 aromatic rings. The fourth-order valence-electron chi connectivity index (χ4n) is 7.48. The smallest absolute Gasteiger partial charge is 0.326 e. The summed E-state index contributed by atoms with van der Waals surface area (Å²) < 4.78 is 11.7. The first-order chi connectivity index (χ1) is 24.5. The number of ether oxygens (including phenoxy) is 2. The Labute approximate surface area is 309 Å². The zero-order valence-electron chi connectivity index (χ0n) is 32.7. The summed E-state index contributed by atoms with van der Waals surface area (Å²) in [5.74, 6) is -3.67. The summed E-state index contributed by atoms with van der Waals surface area (Å²) in [5.41, 5.74) is 0.773. The van der Waals surface area contributed by atoms with Crippen LogP contribution in [0.2, 0.25) is 0 Å². The second-order valence-electron chi connectivity index (χ2n) is 14.6. The number of hydrogen-bond acceptors (Lipinski definition) is 9. The predicted octanol–water partition coefficient (Wildman–Crippen LogP) is 1.78. The molecule has 14 heteroatoms. The number of aliphatic carboxylic acids is 1. The number of carboxylic acid groups (broad SMARTS) is 1. The van der Waals surface area contributed by atoms with Crippen LogP contribution in [-0.4, -0.2) is 145 Å². The predicted molar refractivity (Wildman–Crippen MR) is 197 cm³/mol. The second-order valence-corrected chi connectivity index (χ2v) is 14.6. The fraction of sp³-hybridized carbons (Fsp3) is 0.711. The van der Waals surface area contributed by atoms with Crippen molar-refractivity contribution in [2.45, 2.75) is 109 Å². The van der Waals surface area contributed by atoms with E-state index in [2.05, 4.69) is 10.6 Å². The van der Waals surface area contributed by atoms with Crippen LogP contribution in [0.3, 0.4) is 0 Å². The molecular formula is C38H63N5O9. The van der Waals surface area contributed by atoms with Crippen LogP contribution in [0.5, 0.6) is 0 Å². The first-order valence-corrected chi connectivity index (χ1v) is 18.3. The first-order valence-electron chi connectivity index (χ1n) is 18.3. The van der Waals surface area contributed by atoms with Crippen molar-refractivity contribution in [3.63, 3.8) is 0 Å². The molecule has 0 aromatic heterocycles. The van der Waals surface area contributed by atoms with Gasteiger partial charge in [-0.25, -0.2) is 4.79 Å². The molecule has 1 aromatic carbocycles. The molecule has 14 nitrogen and oxygen atoms in total. The number of likely N-dealkylation sites (tertiary alicyclic amines) is 1. The van der Waals surface area contributed by atoms with E-state index < -0.39 is 72.7 Å². The maximum atomic E-state index is 14.1. The highest BCUT2D eigenvalue weighted by atomic mass is 16.5. The minimum Gasteiger partial charge on any atom is -0.480 e. The highest BCUT2D eigenvalue weighted by molar-refractivity contribution is 5.90. The molecule has 1 fully saturated rings. The molecule has 4 amide bonds. The minimum atomic E-state index is -1.19. The maximum absolute atomic E-state index is 14.1. The van der Waals surface area contributed by atoms with Gasteiger partial charge in [0.05, 0.1) is 49.3 Å². The summed E-state index contributed by atoms with van der Waals surface area (Å²) in [6.45, 7) is 9.24. The van der Waals surface area contributed by atoms with E-state index in [1.165, 1.54) is 19.1 Å². The lowest BCUT2D eigenvalue weighted by molar-refractivity contribution is -0.148. The number of amides is 4. The standard InChI is InChI=1S/C38H63N5O9/c1-11-24(4)33(42(8)37(48)28(22-44)40-36(47)32(23(2)3)41(6)7)30(51-9)21-31(45)43-19-15-18-29(43)34(52-10)25(5)35(46)39-27(38(49)50)20-26-16-13-12-14-17-26/h12-14,16-17,23-25,27-30,32-34,44H,11,15,18-22H2,1-10H3,(H,39,46)(H,40,47)(H,49,50)/t24-,25+,27-,28-,29-,30+,32?,33-,34+/m0/s1. The minimum absolute atomic E-state index is 0.0373. The van der Waals surface area contributed by atoms with Crippen LogP contribution in [0.15, 0.2) is 30.3 Å². The van der Waals surface area contributed by atoms with Gasteiger partial charge in [0.25, 0.3) is 0 Å². The van der Waals surface area contributed by atoms with Crippen LogP contribution in [-0.2, 0) is 39.9 Å². The van der Waals surface area contributed by atoms with Crippen molar-refractivity contribution in [1.82, 2.24) is 25.3 Å². The van der Waals surface area contributed by atoms with Gasteiger partial charge in [0.15, 0.2) is 0 Å². The molecule has 1 aliphatic rings. The molecule has 0 saturated carbocycles. The van der Waals surface area contributed by atoms with Gasteiger partial charge in [-0.2, -0.15) is 0 Å². The third-order valence-electron chi connectivity index (χ3n) is 10.4. The Kier molecular flexibility index (Phi) is 18.2. The van der Waals surface area contributed by atoms with Crippen molar-refractivity contribution < 1.29 is 43.7 Å². The van der Waals surface area contributed by atoms with E-state index >= 15 is 0 Å². The number of aliphatic hydroxyl groups excluding tert-OH is 1. The highest BCUT2D eigenvalue weighted by Gasteiger charge is 2.43. The second kappa shape index (κ2) is 21.2. The summed E-state index contributed by atoms with van der Waals surface area (Å²) in [5, 5.41) is 25.4. The molecule has 0 bridgehead atoms. The third-order valence-corrected chi connectivity index (χ3v) is 10.4. The number of nitrogens with one attached hydrogen (secondary N) is 2. The van der Waals surface area contributed by atoms with Crippen molar-refractivity contribution in [2.75, 3.05) is 48.5 Å². The van der Waals surface area contributed by atoms with Crippen LogP contribution in [0.25, 0.3) is 0 Å². The van der Waals surface area contributed by atoms with E-state index in [0.29, 0.717) is 25.8 Å². The van der Waals surface area contributed by atoms with E-state index in [9.17, 15) is 34.2 Å². The number of rotatable bonds is 21. The molecule has 1 saturated heterocycles. The highest BCUT2D eigenvalue weighted by Crippen LogP contribution is 2.29. The lowest BCUT2D eigenvalue weighted by Crippen LogP contribution is -2.59. The molecule has 0 spiro atoms. The molecule has 9 atom stereocenters. The van der Waals surface area contributed by atoms with E-state index in [0.717, 1.165) is 5.56 Å². The van der Waals surface area contributed by atoms with Crippen LogP contribution < -0.4 is 10.6 Å². The van der Waals surface area contributed by atoms with Gasteiger partial charge in [0.1, 0.15) is 12.1 Å². The van der Waals surface area contributed by atoms with Gasteiger partial charge >= 0.3 is 5.97 Å². The van der Waals surface area contributed by atoms with Gasteiger partial charge in [-0.15, -0.1) is 0 Å². The summed E-state index contributed by atoms with van der Waals surface area (Å²) in [4.78, 5) is 71.5. The fourth-order valence-corrected chi connectivity index (χ4v) is 7.48. The number of carbonyl (C=O) groups excluding carboxylic acids is 4. The lowest BCUT2D eigenvalue weighted by Gasteiger charge is -2.40. The lowest BCUT2D eigenvalue weighted by atomic mass is 9.90. The SMILES string of the molecule is CC[C@H](C)[C@@H]([C@@H](CC(=O)N1CCC[C@H]1[C@H](OC)[C@@H](C)C(=O)N[C@@H](Cc1ccccc1)C(=O)O)OC)N(C)C(=O)[C@H](CO)NC(=O)C(C(C)C)N(C)C. The molecule has 2 rings (SSSR count). The van der Waals surface area contributed by atoms with Crippen LogP contribution in [0.1, 0.15) is 65.9 Å². The molecule has 52 heavy (non-hydrogen) atoms. The van der Waals surface area contributed by atoms with Gasteiger partial charge in [0.2, 0.25) is 23.6 Å². The Balaban J connectivity index is 2.24. The monoisotopic (exact) mass is 733 g/mol. The molecule has 0 radical (unpaired) electrons. The summed E-state index contributed by atoms with van der Waals surface area (Å²) >= 11 is 0. The summed E-state index contributed by atoms with van der Waals surface area (Å²) in [6.07, 6.45) is 0.543. The normalized spacial score (nSPS) is 19.2. The Bertz CT molecular complexity index is 1300. The average Bonchev–Trinajstić information content (AvgIpc) is 3.59.